The minimum atomic E-state index is -3.53. The van der Waals surface area contributed by atoms with Crippen LogP contribution in [-0.2, 0) is 25.9 Å². The van der Waals surface area contributed by atoms with Crippen LogP contribution in [0.2, 0.25) is 0 Å². The maximum Gasteiger partial charge on any atom is 0.335 e. The molecule has 1 heterocycles. The van der Waals surface area contributed by atoms with Crippen LogP contribution in [0.1, 0.15) is 30.7 Å². The Morgan fingerprint density at radius 3 is 2.42 bits per heavy atom. The molecule has 0 amide bonds. The molecule has 3 aromatic rings. The zero-order valence-electron chi connectivity index (χ0n) is 20.6. The molecule has 2 N–H and O–H groups in total. The van der Waals surface area contributed by atoms with Crippen molar-refractivity contribution in [1.29, 1.82) is 0 Å². The molecule has 0 radical (unpaired) electrons. The first-order valence-electron chi connectivity index (χ1n) is 11.4. The number of carboxylic acid groups (broad SMARTS) is 1. The van der Waals surface area contributed by atoms with Crippen molar-refractivity contribution in [3.8, 4) is 23.1 Å². The number of carboxylic acids is 1. The van der Waals surface area contributed by atoms with Crippen LogP contribution in [0.5, 0.6) is 0 Å². The molecule has 0 bridgehead atoms. The van der Waals surface area contributed by atoms with E-state index in [1.165, 1.54) is 24.3 Å². The Morgan fingerprint density at radius 1 is 1.14 bits per heavy atom. The van der Waals surface area contributed by atoms with Crippen LogP contribution >= 0.6 is 8.03 Å². The third kappa shape index (κ3) is 5.27. The van der Waals surface area contributed by atoms with Gasteiger partial charge in [-0.25, -0.2) is 14.2 Å². The molecule has 0 aliphatic heterocycles. The van der Waals surface area contributed by atoms with E-state index < -0.39 is 30.6 Å². The summed E-state index contributed by atoms with van der Waals surface area (Å²) in [6.07, 6.45) is -0.349. The molecule has 0 spiro atoms. The monoisotopic (exact) mass is 509 g/mol. The summed E-state index contributed by atoms with van der Waals surface area (Å²) in [5.74, 6) is 3.07. The minimum Gasteiger partial charge on any atom is -0.480 e. The maximum absolute atomic E-state index is 14.0. The summed E-state index contributed by atoms with van der Waals surface area (Å²) in [6, 6.07) is 18.2. The van der Waals surface area contributed by atoms with Gasteiger partial charge in [-0.05, 0) is 36.2 Å². The van der Waals surface area contributed by atoms with Gasteiger partial charge in [0.1, 0.15) is 11.4 Å². The molecule has 8 heteroatoms. The van der Waals surface area contributed by atoms with Crippen molar-refractivity contribution >= 4 is 14.0 Å². The number of carbonyl (C=O) groups is 1. The van der Waals surface area contributed by atoms with E-state index in [4.69, 9.17) is 4.52 Å². The van der Waals surface area contributed by atoms with E-state index in [1.54, 1.807) is 32.9 Å². The van der Waals surface area contributed by atoms with E-state index in [1.807, 2.05) is 30.3 Å². The number of rotatable bonds is 8. The number of hydrogen-bond acceptors (Lipinski definition) is 5. The van der Waals surface area contributed by atoms with Crippen LogP contribution < -0.4 is 0 Å². The van der Waals surface area contributed by atoms with Gasteiger partial charge in [-0.3, -0.25) is 4.57 Å². The van der Waals surface area contributed by atoms with Crippen molar-refractivity contribution in [3.05, 3.63) is 89.4 Å². The lowest BCUT2D eigenvalue weighted by Crippen LogP contribution is -2.56. The van der Waals surface area contributed by atoms with Gasteiger partial charge in [0.05, 0.1) is 11.4 Å². The van der Waals surface area contributed by atoms with Gasteiger partial charge < -0.3 is 14.7 Å². The summed E-state index contributed by atoms with van der Waals surface area (Å²) in [5.41, 5.74) is -0.479. The van der Waals surface area contributed by atoms with Gasteiger partial charge in [0.2, 0.25) is 13.2 Å². The molecule has 6 nitrogen and oxygen atoms in total. The number of nitrogens with zero attached hydrogens (tertiary/aromatic N) is 1. The minimum absolute atomic E-state index is 0.0401. The van der Waals surface area contributed by atoms with Gasteiger partial charge in [-0.1, -0.05) is 74.2 Å². The van der Waals surface area contributed by atoms with Gasteiger partial charge in [0.15, 0.2) is 0 Å². The Labute approximate surface area is 211 Å². The fraction of sp³-hybridized carbons (Fsp3) is 0.286. The van der Waals surface area contributed by atoms with Crippen molar-refractivity contribution < 1.29 is 28.5 Å². The molecule has 3 atom stereocenters. The number of pyridine rings is 1. The Hall–Kier alpha value is -3.30. The Morgan fingerprint density at radius 2 is 1.83 bits per heavy atom. The lowest BCUT2D eigenvalue weighted by Gasteiger charge is -2.40. The van der Waals surface area contributed by atoms with Gasteiger partial charge in [0, 0.05) is 25.0 Å². The quantitative estimate of drug-likeness (QED) is 0.319. The van der Waals surface area contributed by atoms with Crippen molar-refractivity contribution in [2.45, 2.75) is 37.9 Å². The van der Waals surface area contributed by atoms with Crippen LogP contribution in [0.15, 0.2) is 66.7 Å². The van der Waals surface area contributed by atoms with Crippen molar-refractivity contribution in [2.75, 3.05) is 7.11 Å². The standard InChI is InChI=1S/C28H29FNO5P/c1-19(2)15-16-28(26(31)32,36(34)35-4)27(33,18-21-13-14-23(29)20(3)17-21)25-12-8-11-24(30-25)22-9-6-5-7-10-22/h5-14,17,19,33,36H,18H2,1-4H3,(H,31,32). The van der Waals surface area contributed by atoms with Crippen molar-refractivity contribution in [1.82, 2.24) is 4.98 Å². The third-order valence-corrected chi connectivity index (χ3v) is 7.64. The highest BCUT2D eigenvalue weighted by molar-refractivity contribution is 7.43. The summed E-state index contributed by atoms with van der Waals surface area (Å²) in [4.78, 5) is 17.5. The number of hydrogen-bond donors (Lipinski definition) is 2. The molecule has 2 aromatic carbocycles. The van der Waals surface area contributed by atoms with E-state index in [9.17, 15) is 24.0 Å². The van der Waals surface area contributed by atoms with Crippen LogP contribution in [0.3, 0.4) is 0 Å². The number of aliphatic carboxylic acids is 1. The van der Waals surface area contributed by atoms with E-state index in [0.717, 1.165) is 12.7 Å². The van der Waals surface area contributed by atoms with Gasteiger partial charge >= 0.3 is 5.97 Å². The second kappa shape index (κ2) is 11.2. The zero-order chi connectivity index (χ0) is 26.5. The molecule has 0 aliphatic carbocycles. The van der Waals surface area contributed by atoms with Gasteiger partial charge in [-0.15, -0.1) is 0 Å². The molecule has 0 fully saturated rings. The van der Waals surface area contributed by atoms with Crippen molar-refractivity contribution in [2.24, 2.45) is 5.92 Å². The first-order valence-corrected chi connectivity index (χ1v) is 12.7. The van der Waals surface area contributed by atoms with E-state index in [-0.39, 0.29) is 18.0 Å². The number of benzene rings is 2. The summed E-state index contributed by atoms with van der Waals surface area (Å²) >= 11 is 0. The zero-order valence-corrected chi connectivity index (χ0v) is 21.6. The number of aromatic nitrogens is 1. The average Bonchev–Trinajstić information content (AvgIpc) is 2.86. The Kier molecular flexibility index (Phi) is 8.47. The molecule has 1 aromatic heterocycles. The van der Waals surface area contributed by atoms with E-state index in [2.05, 4.69) is 16.8 Å². The highest BCUT2D eigenvalue weighted by Crippen LogP contribution is 2.53. The second-order valence-electron chi connectivity index (χ2n) is 8.87. The summed E-state index contributed by atoms with van der Waals surface area (Å²) < 4.78 is 32.5. The van der Waals surface area contributed by atoms with Crippen LogP contribution in [0, 0.1) is 30.5 Å². The normalized spacial score (nSPS) is 15.3. The molecule has 188 valence electrons. The molecular weight excluding hydrogens is 480 g/mol. The lowest BCUT2D eigenvalue weighted by atomic mass is 9.78. The first-order chi connectivity index (χ1) is 17.0. The van der Waals surface area contributed by atoms with E-state index >= 15 is 0 Å². The summed E-state index contributed by atoms with van der Waals surface area (Å²) in [6.45, 7) is 5.06. The Bertz CT molecular complexity index is 1330. The Balaban J connectivity index is 2.37. The molecule has 3 rings (SSSR count). The number of halogens is 1. The van der Waals surface area contributed by atoms with Crippen LogP contribution in [0.25, 0.3) is 11.3 Å². The second-order valence-corrected chi connectivity index (χ2v) is 10.6. The molecule has 36 heavy (non-hydrogen) atoms. The SMILES string of the molecule is CO[PH](=O)C(C#CC(C)C)(C(=O)O)C(O)(Cc1ccc(F)c(C)c1)c1cccc(-c2ccccc2)n1. The fourth-order valence-electron chi connectivity index (χ4n) is 4.01. The summed E-state index contributed by atoms with van der Waals surface area (Å²) in [7, 11) is -2.41. The highest BCUT2D eigenvalue weighted by Gasteiger charge is 2.62. The number of aliphatic hydroxyl groups is 1. The largest absolute Gasteiger partial charge is 0.480 e. The van der Waals surface area contributed by atoms with E-state index in [0.29, 0.717) is 16.8 Å². The molecule has 0 aliphatic rings. The smallest absolute Gasteiger partial charge is 0.335 e. The molecular formula is C28H29FNO5P. The average molecular weight is 510 g/mol. The topological polar surface area (TPSA) is 96.7 Å². The van der Waals surface area contributed by atoms with Crippen LogP contribution in [-0.4, -0.2) is 33.4 Å². The molecule has 0 saturated heterocycles. The maximum atomic E-state index is 14.0. The third-order valence-electron chi connectivity index (χ3n) is 5.91. The first kappa shape index (κ1) is 27.3. The van der Waals surface area contributed by atoms with Crippen LogP contribution in [0.4, 0.5) is 4.39 Å². The lowest BCUT2D eigenvalue weighted by molar-refractivity contribution is -0.146. The predicted octanol–water partition coefficient (Wildman–Crippen LogP) is 5.23. The summed E-state index contributed by atoms with van der Waals surface area (Å²) in [5, 5.41) is 20.3. The molecule has 3 unspecified atom stereocenters. The number of aryl methyl sites for hydroxylation is 1. The van der Waals surface area contributed by atoms with Crippen molar-refractivity contribution in [3.63, 3.8) is 0 Å². The predicted molar refractivity (Wildman–Crippen MR) is 137 cm³/mol. The van der Waals surface area contributed by atoms with Gasteiger partial charge in [-0.2, -0.15) is 0 Å². The van der Waals surface area contributed by atoms with Gasteiger partial charge in [0.25, 0.3) is 0 Å². The highest BCUT2D eigenvalue weighted by atomic mass is 31.1. The molecule has 0 saturated carbocycles. The fourth-order valence-corrected chi connectivity index (χ4v) is 5.22.